The van der Waals surface area contributed by atoms with Crippen LogP contribution in [-0.2, 0) is 30.3 Å². The lowest BCUT2D eigenvalue weighted by molar-refractivity contribution is -0.384. The van der Waals surface area contributed by atoms with Crippen molar-refractivity contribution in [3.63, 3.8) is 0 Å². The Hall–Kier alpha value is -3.34. The van der Waals surface area contributed by atoms with E-state index >= 15 is 0 Å². The fourth-order valence-corrected chi connectivity index (χ4v) is 3.08. The van der Waals surface area contributed by atoms with Gasteiger partial charge < -0.3 is 24.3 Å². The smallest absolute Gasteiger partial charge is 0.309 e. The Labute approximate surface area is 198 Å². The summed E-state index contributed by atoms with van der Waals surface area (Å²) in [5.41, 5.74) is 0.989. The molecule has 2 aromatic rings. The number of nitro benzene ring substituents is 1. The molecule has 1 unspecified atom stereocenters. The Kier molecular flexibility index (Phi) is 11.1. The third kappa shape index (κ3) is 8.89. The molecule has 0 aromatic heterocycles. The van der Waals surface area contributed by atoms with Gasteiger partial charge >= 0.3 is 5.97 Å². The number of esters is 1. The molecule has 0 heterocycles. The summed E-state index contributed by atoms with van der Waals surface area (Å²) in [4.78, 5) is 35.5. The van der Waals surface area contributed by atoms with E-state index < -0.39 is 35.2 Å². The Bertz CT molecular complexity index is 920. The van der Waals surface area contributed by atoms with E-state index in [2.05, 4.69) is 5.32 Å². The first kappa shape index (κ1) is 26.9. The van der Waals surface area contributed by atoms with E-state index in [-0.39, 0.29) is 30.9 Å². The van der Waals surface area contributed by atoms with Crippen molar-refractivity contribution in [2.24, 2.45) is 5.92 Å². The highest BCUT2D eigenvalue weighted by Gasteiger charge is 2.24. The van der Waals surface area contributed by atoms with Crippen molar-refractivity contribution >= 4 is 17.6 Å². The molecule has 2 aromatic carbocycles. The van der Waals surface area contributed by atoms with Crippen molar-refractivity contribution < 1.29 is 33.5 Å². The molecule has 0 bridgehead atoms. The third-order valence-corrected chi connectivity index (χ3v) is 4.87. The van der Waals surface area contributed by atoms with Crippen LogP contribution in [-0.4, -0.2) is 49.6 Å². The molecule has 3 atom stereocenters. The average molecular weight is 475 g/mol. The number of carbonyl (C=O) groups excluding carboxylic acids is 2. The van der Waals surface area contributed by atoms with E-state index in [1.165, 1.54) is 31.4 Å². The molecule has 0 radical (unpaired) electrons. The van der Waals surface area contributed by atoms with Gasteiger partial charge in [0.2, 0.25) is 0 Å². The van der Waals surface area contributed by atoms with Gasteiger partial charge in [0.1, 0.15) is 6.61 Å². The molecule has 10 nitrogen and oxygen atoms in total. The molecule has 0 aliphatic rings. The quantitative estimate of drug-likeness (QED) is 0.191. The first-order valence-corrected chi connectivity index (χ1v) is 10.9. The molecule has 0 fully saturated rings. The Morgan fingerprint density at radius 3 is 2.32 bits per heavy atom. The molecule has 0 aliphatic carbocycles. The average Bonchev–Trinajstić information content (AvgIpc) is 2.85. The lowest BCUT2D eigenvalue weighted by atomic mass is 10.0. The molecule has 0 saturated carbocycles. The van der Waals surface area contributed by atoms with E-state index in [9.17, 15) is 19.7 Å². The summed E-state index contributed by atoms with van der Waals surface area (Å²) in [5.74, 6) is -1.41. The van der Waals surface area contributed by atoms with Gasteiger partial charge in [-0.15, -0.1) is 0 Å². The van der Waals surface area contributed by atoms with Crippen LogP contribution in [0.15, 0.2) is 54.6 Å². The number of ether oxygens (including phenoxy) is 4. The van der Waals surface area contributed by atoms with Gasteiger partial charge in [0.05, 0.1) is 23.5 Å². The van der Waals surface area contributed by atoms with Crippen LogP contribution in [0.3, 0.4) is 0 Å². The summed E-state index contributed by atoms with van der Waals surface area (Å²) in [7, 11) is 1.42. The standard InChI is InChI=1S/C24H30N2O8/c1-4-32-24(31-3)34-16-20(25-22(27)19-10-12-21(13-11-19)26(29)30)14-17(2)23(28)33-15-18-8-6-5-7-9-18/h5-13,17,20,24H,4,14-16H2,1-3H3,(H,25,27)/t17-,20-,24?/m0/s1. The number of non-ortho nitro benzene ring substituents is 1. The predicted molar refractivity (Wildman–Crippen MR) is 123 cm³/mol. The van der Waals surface area contributed by atoms with Gasteiger partial charge in [0, 0.05) is 31.4 Å². The number of nitrogens with one attached hydrogen (secondary N) is 1. The zero-order valence-electron chi connectivity index (χ0n) is 19.5. The number of hydrogen-bond donors (Lipinski definition) is 1. The van der Waals surface area contributed by atoms with Crippen LogP contribution in [0.5, 0.6) is 0 Å². The van der Waals surface area contributed by atoms with Crippen molar-refractivity contribution in [3.05, 3.63) is 75.8 Å². The van der Waals surface area contributed by atoms with Crippen LogP contribution in [0.1, 0.15) is 36.2 Å². The molecule has 1 N–H and O–H groups in total. The summed E-state index contributed by atoms with van der Waals surface area (Å²) in [6, 6.07) is 14.0. The second-order valence-electron chi connectivity index (χ2n) is 7.52. The van der Waals surface area contributed by atoms with Crippen molar-refractivity contribution in [1.29, 1.82) is 0 Å². The highest BCUT2D eigenvalue weighted by atomic mass is 16.8. The summed E-state index contributed by atoms with van der Waals surface area (Å²) < 4.78 is 21.4. The van der Waals surface area contributed by atoms with E-state index in [1.807, 2.05) is 30.3 Å². The monoisotopic (exact) mass is 474 g/mol. The lowest BCUT2D eigenvalue weighted by Gasteiger charge is -2.24. The van der Waals surface area contributed by atoms with Gasteiger partial charge in [-0.25, -0.2) is 0 Å². The first-order valence-electron chi connectivity index (χ1n) is 10.9. The number of nitro groups is 1. The van der Waals surface area contributed by atoms with Gasteiger partial charge in [0.25, 0.3) is 18.1 Å². The van der Waals surface area contributed by atoms with Gasteiger partial charge in [-0.1, -0.05) is 37.3 Å². The zero-order chi connectivity index (χ0) is 24.9. The van der Waals surface area contributed by atoms with Crippen molar-refractivity contribution in [3.8, 4) is 0 Å². The Morgan fingerprint density at radius 1 is 1.06 bits per heavy atom. The number of nitrogens with zero attached hydrogens (tertiary/aromatic N) is 1. The minimum Gasteiger partial charge on any atom is -0.461 e. The SMILES string of the molecule is CCOC(OC)OC[C@H](C[C@H](C)C(=O)OCc1ccccc1)NC(=O)c1ccc([N+](=O)[O-])cc1. The summed E-state index contributed by atoms with van der Waals surface area (Å²) in [6.45, 7) is 3.08. The van der Waals surface area contributed by atoms with Crippen molar-refractivity contribution in [2.75, 3.05) is 20.3 Å². The number of carbonyl (C=O) groups is 2. The summed E-state index contributed by atoms with van der Waals surface area (Å²) in [6.07, 6.45) is 0.231. The molecule has 34 heavy (non-hydrogen) atoms. The fraction of sp³-hybridized carbons (Fsp3) is 0.417. The van der Waals surface area contributed by atoms with Crippen LogP contribution in [0, 0.1) is 16.0 Å². The number of methoxy groups -OCH3 is 1. The third-order valence-electron chi connectivity index (χ3n) is 4.87. The largest absolute Gasteiger partial charge is 0.461 e. The van der Waals surface area contributed by atoms with Crippen molar-refractivity contribution in [1.82, 2.24) is 5.32 Å². The number of hydrogen-bond acceptors (Lipinski definition) is 8. The zero-order valence-corrected chi connectivity index (χ0v) is 19.5. The highest BCUT2D eigenvalue weighted by Crippen LogP contribution is 2.15. The van der Waals surface area contributed by atoms with Gasteiger partial charge in [-0.2, -0.15) is 0 Å². The van der Waals surface area contributed by atoms with Crippen LogP contribution < -0.4 is 5.32 Å². The molecule has 0 spiro atoms. The normalized spacial score (nSPS) is 13.5. The second kappa shape index (κ2) is 14.0. The molecule has 10 heteroatoms. The van der Waals surface area contributed by atoms with E-state index in [0.29, 0.717) is 6.61 Å². The van der Waals surface area contributed by atoms with Crippen LogP contribution in [0.4, 0.5) is 5.69 Å². The topological polar surface area (TPSA) is 126 Å². The minimum atomic E-state index is -0.927. The summed E-state index contributed by atoms with van der Waals surface area (Å²) >= 11 is 0. The van der Waals surface area contributed by atoms with E-state index in [4.69, 9.17) is 18.9 Å². The van der Waals surface area contributed by atoms with Crippen molar-refractivity contribution in [2.45, 2.75) is 39.4 Å². The number of amides is 1. The van der Waals surface area contributed by atoms with E-state index in [0.717, 1.165) is 5.56 Å². The van der Waals surface area contributed by atoms with Gasteiger partial charge in [-0.3, -0.25) is 19.7 Å². The maximum Gasteiger partial charge on any atom is 0.309 e. The van der Waals surface area contributed by atoms with Crippen LogP contribution in [0.25, 0.3) is 0 Å². The second-order valence-corrected chi connectivity index (χ2v) is 7.52. The Morgan fingerprint density at radius 2 is 1.74 bits per heavy atom. The maximum absolute atomic E-state index is 12.7. The molecule has 1 amide bonds. The van der Waals surface area contributed by atoms with E-state index in [1.54, 1.807) is 13.8 Å². The Balaban J connectivity index is 2.02. The van der Waals surface area contributed by atoms with Gasteiger partial charge in [0.15, 0.2) is 0 Å². The van der Waals surface area contributed by atoms with Crippen LogP contribution in [0.2, 0.25) is 0 Å². The number of benzene rings is 2. The maximum atomic E-state index is 12.7. The lowest BCUT2D eigenvalue weighted by Crippen LogP contribution is -2.41. The molecule has 184 valence electrons. The number of rotatable bonds is 14. The molecule has 0 aliphatic heterocycles. The fourth-order valence-electron chi connectivity index (χ4n) is 3.08. The van der Waals surface area contributed by atoms with Crippen LogP contribution >= 0.6 is 0 Å². The highest BCUT2D eigenvalue weighted by molar-refractivity contribution is 5.94. The molecule has 2 rings (SSSR count). The summed E-state index contributed by atoms with van der Waals surface area (Å²) in [5, 5.41) is 13.7. The minimum absolute atomic E-state index is 0.00747. The first-order chi connectivity index (χ1) is 16.3. The molecular formula is C24H30N2O8. The van der Waals surface area contributed by atoms with Gasteiger partial charge in [-0.05, 0) is 31.0 Å². The predicted octanol–water partition coefficient (Wildman–Crippen LogP) is 3.45. The molecule has 0 saturated heterocycles. The molecular weight excluding hydrogens is 444 g/mol.